The molecule has 5 nitrogen and oxygen atoms in total. The Morgan fingerprint density at radius 1 is 0.971 bits per heavy atom. The Kier molecular flexibility index (Phi) is 8.07. The molecule has 0 aliphatic rings. The Labute approximate surface area is 230 Å². The minimum Gasteiger partial charge on any atom is -0.488 e. The zero-order valence-corrected chi connectivity index (χ0v) is 24.6. The van der Waals surface area contributed by atoms with E-state index < -0.39 is 0 Å². The summed E-state index contributed by atoms with van der Waals surface area (Å²) < 4.78 is 11.1. The molecule has 4 aromatic rings. The van der Waals surface area contributed by atoms with Gasteiger partial charge in [-0.15, -0.1) is 0 Å². The van der Waals surface area contributed by atoms with Gasteiger partial charge in [0.1, 0.15) is 18.2 Å². The molecule has 3 aromatic carbocycles. The maximum absolute atomic E-state index is 13.3. The largest absolute Gasteiger partial charge is 0.488 e. The first-order valence-corrected chi connectivity index (χ1v) is 13.5. The van der Waals surface area contributed by atoms with Crippen molar-refractivity contribution in [2.24, 2.45) is 5.10 Å². The first-order valence-electron chi connectivity index (χ1n) is 10.4. The van der Waals surface area contributed by atoms with Gasteiger partial charge in [0.25, 0.3) is 5.56 Å². The van der Waals surface area contributed by atoms with E-state index in [4.69, 9.17) is 9.72 Å². The molecule has 0 spiro atoms. The van der Waals surface area contributed by atoms with Gasteiger partial charge >= 0.3 is 0 Å². The summed E-state index contributed by atoms with van der Waals surface area (Å²) >= 11 is 14.0. The number of ether oxygens (including phenoxy) is 1. The van der Waals surface area contributed by atoms with E-state index in [1.807, 2.05) is 62.4 Å². The highest BCUT2D eigenvalue weighted by Crippen LogP contribution is 2.26. The summed E-state index contributed by atoms with van der Waals surface area (Å²) in [5, 5.41) is 5.05. The molecule has 174 valence electrons. The average Bonchev–Trinajstić information content (AvgIpc) is 2.79. The summed E-state index contributed by atoms with van der Waals surface area (Å²) in [4.78, 5) is 18.0. The molecule has 0 saturated heterocycles. The van der Waals surface area contributed by atoms with Crippen LogP contribution in [0.2, 0.25) is 0 Å². The minimum atomic E-state index is -0.220. The van der Waals surface area contributed by atoms with Gasteiger partial charge in [-0.2, -0.15) is 9.78 Å². The van der Waals surface area contributed by atoms with Crippen molar-refractivity contribution in [2.75, 3.05) is 0 Å². The molecule has 0 bridgehead atoms. The highest BCUT2D eigenvalue weighted by Gasteiger charge is 2.14. The molecule has 9 heteroatoms. The Hall–Kier alpha value is -1.81. The summed E-state index contributed by atoms with van der Waals surface area (Å²) in [5.41, 5.74) is 2.17. The third-order valence-corrected chi connectivity index (χ3v) is 7.25. The van der Waals surface area contributed by atoms with Gasteiger partial charge in [-0.25, -0.2) is 4.98 Å². The summed E-state index contributed by atoms with van der Waals surface area (Å²) in [7, 11) is 0. The third-order valence-electron chi connectivity index (χ3n) is 5.03. The Morgan fingerprint density at radius 3 is 2.38 bits per heavy atom. The smallest absolute Gasteiger partial charge is 0.282 e. The fourth-order valence-electron chi connectivity index (χ4n) is 3.32. The number of fused-ring (bicyclic) bond motifs is 1. The molecule has 0 aliphatic heterocycles. The zero-order valence-electron chi connectivity index (χ0n) is 18.2. The number of nitrogens with zero attached hydrogens (tertiary/aromatic N) is 3. The van der Waals surface area contributed by atoms with Gasteiger partial charge in [-0.1, -0.05) is 83.6 Å². The zero-order chi connectivity index (χ0) is 24.4. The monoisotopic (exact) mass is 709 g/mol. The normalized spacial score (nSPS) is 11.6. The van der Waals surface area contributed by atoms with Crippen LogP contribution in [-0.2, 0) is 6.61 Å². The molecule has 34 heavy (non-hydrogen) atoms. The minimum absolute atomic E-state index is 0.00545. The van der Waals surface area contributed by atoms with E-state index in [1.165, 1.54) is 4.68 Å². The van der Waals surface area contributed by atoms with Gasteiger partial charge < -0.3 is 4.74 Å². The van der Waals surface area contributed by atoms with E-state index in [0.717, 1.165) is 29.0 Å². The molecule has 0 atom stereocenters. The van der Waals surface area contributed by atoms with Crippen molar-refractivity contribution >= 4 is 80.8 Å². The van der Waals surface area contributed by atoms with Crippen LogP contribution in [0, 0.1) is 0 Å². The van der Waals surface area contributed by atoms with Crippen molar-refractivity contribution in [3.8, 4) is 5.75 Å². The standard InChI is InChI=1S/C25H19Br4N3O2/c1-14(2)24-31-22-7-5-18(27)10-20(22)25(33)32(24)30-12-16-9-17(26)6-8-23(16)34-13-15-3-4-19(28)11-21(15)29/h3-12,14H,13H2,1-2H3. The molecule has 0 radical (unpaired) electrons. The lowest BCUT2D eigenvalue weighted by Gasteiger charge is -2.13. The van der Waals surface area contributed by atoms with Gasteiger partial charge in [0, 0.05) is 34.9 Å². The lowest BCUT2D eigenvalue weighted by atomic mass is 10.2. The lowest BCUT2D eigenvalue weighted by molar-refractivity contribution is 0.305. The molecule has 4 rings (SSSR count). The average molecular weight is 713 g/mol. The van der Waals surface area contributed by atoms with Crippen molar-refractivity contribution in [3.63, 3.8) is 0 Å². The quantitative estimate of drug-likeness (QED) is 0.190. The van der Waals surface area contributed by atoms with Crippen molar-refractivity contribution in [1.82, 2.24) is 9.66 Å². The van der Waals surface area contributed by atoms with Gasteiger partial charge in [0.15, 0.2) is 0 Å². The molecule has 0 amide bonds. The molecule has 0 fully saturated rings. The highest BCUT2D eigenvalue weighted by molar-refractivity contribution is 9.11. The van der Waals surface area contributed by atoms with Crippen LogP contribution in [0.1, 0.15) is 36.7 Å². The molecule has 1 heterocycles. The number of benzene rings is 3. The van der Waals surface area contributed by atoms with E-state index in [2.05, 4.69) is 68.8 Å². The highest BCUT2D eigenvalue weighted by atomic mass is 79.9. The first kappa shape index (κ1) is 25.3. The maximum atomic E-state index is 13.3. The molecule has 0 saturated carbocycles. The summed E-state index contributed by atoms with van der Waals surface area (Å²) in [6, 6.07) is 17.1. The van der Waals surface area contributed by atoms with Gasteiger partial charge in [-0.3, -0.25) is 4.79 Å². The first-order chi connectivity index (χ1) is 16.2. The number of rotatable bonds is 6. The Morgan fingerprint density at radius 2 is 1.65 bits per heavy atom. The van der Waals surface area contributed by atoms with Crippen LogP contribution >= 0.6 is 63.7 Å². The van der Waals surface area contributed by atoms with E-state index in [0.29, 0.717) is 29.1 Å². The number of halogens is 4. The molecule has 0 aliphatic carbocycles. The molecule has 0 N–H and O–H groups in total. The van der Waals surface area contributed by atoms with Gasteiger partial charge in [0.05, 0.1) is 17.1 Å². The van der Waals surface area contributed by atoms with Crippen LogP contribution in [0.3, 0.4) is 0 Å². The second-order valence-electron chi connectivity index (χ2n) is 7.85. The van der Waals surface area contributed by atoms with Crippen molar-refractivity contribution in [2.45, 2.75) is 26.4 Å². The van der Waals surface area contributed by atoms with E-state index >= 15 is 0 Å². The van der Waals surface area contributed by atoms with Gasteiger partial charge in [-0.05, 0) is 48.5 Å². The van der Waals surface area contributed by atoms with Crippen LogP contribution in [0.5, 0.6) is 5.75 Å². The predicted octanol–water partition coefficient (Wildman–Crippen LogP) is 8.03. The van der Waals surface area contributed by atoms with Crippen LogP contribution in [-0.4, -0.2) is 15.9 Å². The van der Waals surface area contributed by atoms with Crippen LogP contribution in [0.4, 0.5) is 0 Å². The Balaban J connectivity index is 1.72. The summed E-state index contributed by atoms with van der Waals surface area (Å²) in [5.74, 6) is 1.25. The van der Waals surface area contributed by atoms with E-state index in [-0.39, 0.29) is 11.5 Å². The van der Waals surface area contributed by atoms with Crippen molar-refractivity contribution < 1.29 is 4.74 Å². The Bertz CT molecular complexity index is 1470. The lowest BCUT2D eigenvalue weighted by Crippen LogP contribution is -2.23. The SMILES string of the molecule is CC(C)c1nc2ccc(Br)cc2c(=O)n1N=Cc1cc(Br)ccc1OCc1ccc(Br)cc1Br. The maximum Gasteiger partial charge on any atom is 0.282 e. The summed E-state index contributed by atoms with van der Waals surface area (Å²) in [6.45, 7) is 4.35. The van der Waals surface area contributed by atoms with E-state index in [9.17, 15) is 4.79 Å². The second kappa shape index (κ2) is 10.8. The molecular formula is C25H19Br4N3O2. The topological polar surface area (TPSA) is 56.5 Å². The predicted molar refractivity (Wildman–Crippen MR) is 151 cm³/mol. The fraction of sp³-hybridized carbons (Fsp3) is 0.160. The molecular weight excluding hydrogens is 694 g/mol. The number of hydrogen-bond donors (Lipinski definition) is 0. The van der Waals surface area contributed by atoms with Crippen LogP contribution < -0.4 is 10.3 Å². The molecule has 0 unspecified atom stereocenters. The fourth-order valence-corrected chi connectivity index (χ4v) is 5.22. The van der Waals surface area contributed by atoms with Gasteiger partial charge in [0.2, 0.25) is 0 Å². The third kappa shape index (κ3) is 5.70. The van der Waals surface area contributed by atoms with Crippen LogP contribution in [0.15, 0.2) is 82.4 Å². The number of aromatic nitrogens is 2. The second-order valence-corrected chi connectivity index (χ2v) is 11.5. The summed E-state index contributed by atoms with van der Waals surface area (Å²) in [6.07, 6.45) is 1.63. The van der Waals surface area contributed by atoms with Crippen molar-refractivity contribution in [1.29, 1.82) is 0 Å². The number of hydrogen-bond acceptors (Lipinski definition) is 4. The van der Waals surface area contributed by atoms with Crippen LogP contribution in [0.25, 0.3) is 10.9 Å². The van der Waals surface area contributed by atoms with E-state index in [1.54, 1.807) is 12.3 Å². The van der Waals surface area contributed by atoms with Crippen molar-refractivity contribution in [3.05, 3.63) is 99.8 Å². The molecule has 1 aromatic heterocycles.